The first kappa shape index (κ1) is 26.6. The van der Waals surface area contributed by atoms with Crippen LogP contribution in [-0.2, 0) is 17.6 Å². The highest BCUT2D eigenvalue weighted by molar-refractivity contribution is 9.10. The molecule has 1 fully saturated rings. The molecule has 38 heavy (non-hydrogen) atoms. The van der Waals surface area contributed by atoms with Crippen LogP contribution < -0.4 is 20.8 Å². The lowest BCUT2D eigenvalue weighted by molar-refractivity contribution is -0.120. The Hall–Kier alpha value is -2.95. The molecule has 1 atom stereocenters. The van der Waals surface area contributed by atoms with Crippen LogP contribution in [0.3, 0.4) is 0 Å². The number of fused-ring (bicyclic) bond motifs is 2. The van der Waals surface area contributed by atoms with Crippen molar-refractivity contribution >= 4 is 39.1 Å². The molecule has 2 amide bonds. The van der Waals surface area contributed by atoms with Crippen LogP contribution in [-0.4, -0.2) is 73.0 Å². The smallest absolute Gasteiger partial charge is 0.251 e. The zero-order chi connectivity index (χ0) is 26.5. The molecule has 10 heteroatoms. The number of aliphatic hydroxyl groups excluding tert-OH is 1. The number of likely N-dealkylation sites (tertiary alicyclic amines) is 1. The van der Waals surface area contributed by atoms with E-state index in [2.05, 4.69) is 42.0 Å². The molecule has 0 saturated carbocycles. The Labute approximate surface area is 231 Å². The van der Waals surface area contributed by atoms with Crippen molar-refractivity contribution in [3.63, 3.8) is 0 Å². The van der Waals surface area contributed by atoms with Crippen LogP contribution in [0.2, 0.25) is 0 Å². The number of benzene rings is 2. The Bertz CT molecular complexity index is 1230. The standard InChI is InChI=1S/C28H34BrN5O4/c29-22-14-20(28(37)30-8-1-2-9-34-10-3-4-21(34)17-35)15-23-27(22)24(16-31-23)32-33-26(36)13-18-5-6-25-19(12-18)7-11-38-25/h5-6,12,14-15,21,31,35H,1-4,7-11,13,16-17H2,(H,30,37)(H,33,36)/b32-24+/t21-/m0/s1. The van der Waals surface area contributed by atoms with Crippen LogP contribution in [0, 0.1) is 0 Å². The Morgan fingerprint density at radius 3 is 3.00 bits per heavy atom. The number of nitrogens with zero attached hydrogens (tertiary/aromatic N) is 2. The maximum atomic E-state index is 12.8. The van der Waals surface area contributed by atoms with Crippen molar-refractivity contribution in [1.29, 1.82) is 0 Å². The number of amides is 2. The Kier molecular flexibility index (Phi) is 8.61. The summed E-state index contributed by atoms with van der Waals surface area (Å²) in [5.74, 6) is 0.590. The van der Waals surface area contributed by atoms with Crippen LogP contribution in [0.5, 0.6) is 5.75 Å². The van der Waals surface area contributed by atoms with Crippen molar-refractivity contribution in [2.75, 3.05) is 44.7 Å². The molecule has 202 valence electrons. The number of hydrogen-bond donors (Lipinski definition) is 4. The van der Waals surface area contributed by atoms with E-state index in [9.17, 15) is 14.7 Å². The van der Waals surface area contributed by atoms with Gasteiger partial charge in [-0.2, -0.15) is 5.10 Å². The van der Waals surface area contributed by atoms with Crippen LogP contribution in [0.4, 0.5) is 5.69 Å². The third-order valence-corrected chi connectivity index (χ3v) is 8.01. The highest BCUT2D eigenvalue weighted by Gasteiger charge is 2.24. The molecular weight excluding hydrogens is 550 g/mol. The molecule has 2 aromatic rings. The number of aliphatic hydroxyl groups is 1. The van der Waals surface area contributed by atoms with Gasteiger partial charge in [0, 0.05) is 40.3 Å². The third kappa shape index (κ3) is 6.19. The third-order valence-electron chi connectivity index (χ3n) is 7.39. The van der Waals surface area contributed by atoms with E-state index in [0.29, 0.717) is 37.0 Å². The normalized spacial score (nSPS) is 19.1. The number of unbranched alkanes of at least 4 members (excludes halogenated alkanes) is 1. The van der Waals surface area contributed by atoms with Crippen molar-refractivity contribution in [2.45, 2.75) is 44.6 Å². The lowest BCUT2D eigenvalue weighted by Crippen LogP contribution is -2.33. The molecule has 5 rings (SSSR count). The first-order chi connectivity index (χ1) is 18.5. The highest BCUT2D eigenvalue weighted by atomic mass is 79.9. The van der Waals surface area contributed by atoms with E-state index < -0.39 is 0 Å². The zero-order valence-corrected chi connectivity index (χ0v) is 23.0. The highest BCUT2D eigenvalue weighted by Crippen LogP contribution is 2.32. The predicted octanol–water partition coefficient (Wildman–Crippen LogP) is 2.84. The van der Waals surface area contributed by atoms with Crippen LogP contribution >= 0.6 is 15.9 Å². The average Bonchev–Trinajstić information content (AvgIpc) is 3.66. The number of nitrogens with one attached hydrogen (secondary N) is 3. The first-order valence-corrected chi connectivity index (χ1v) is 14.1. The summed E-state index contributed by atoms with van der Waals surface area (Å²) in [6.45, 7) is 3.98. The van der Waals surface area contributed by atoms with Gasteiger partial charge in [-0.05, 0) is 68.1 Å². The fourth-order valence-electron chi connectivity index (χ4n) is 5.38. The van der Waals surface area contributed by atoms with Crippen molar-refractivity contribution in [1.82, 2.24) is 15.6 Å². The molecule has 1 saturated heterocycles. The molecular formula is C28H34BrN5O4. The SMILES string of the molecule is O=C(Cc1ccc2c(c1)CCO2)N/N=C1\CNc2cc(C(=O)NCCCCN3CCC[C@H]3CO)cc(Br)c21. The van der Waals surface area contributed by atoms with Crippen molar-refractivity contribution < 1.29 is 19.4 Å². The minimum absolute atomic E-state index is 0.122. The number of hydrogen-bond acceptors (Lipinski definition) is 7. The van der Waals surface area contributed by atoms with E-state index in [1.165, 1.54) is 0 Å². The van der Waals surface area contributed by atoms with E-state index in [-0.39, 0.29) is 24.8 Å². The second-order valence-electron chi connectivity index (χ2n) is 10.0. The minimum atomic E-state index is -0.187. The van der Waals surface area contributed by atoms with E-state index in [0.717, 1.165) is 77.8 Å². The summed E-state index contributed by atoms with van der Waals surface area (Å²) in [5, 5.41) is 20.1. The first-order valence-electron chi connectivity index (χ1n) is 13.3. The molecule has 3 aliphatic heterocycles. The molecule has 0 unspecified atom stereocenters. The van der Waals surface area contributed by atoms with Gasteiger partial charge >= 0.3 is 0 Å². The topological polar surface area (TPSA) is 115 Å². The summed E-state index contributed by atoms with van der Waals surface area (Å²) in [6.07, 6.45) is 5.20. The van der Waals surface area contributed by atoms with E-state index in [4.69, 9.17) is 4.74 Å². The summed E-state index contributed by atoms with van der Waals surface area (Å²) in [7, 11) is 0. The zero-order valence-electron chi connectivity index (χ0n) is 21.4. The molecule has 4 N–H and O–H groups in total. The van der Waals surface area contributed by atoms with Crippen LogP contribution in [0.15, 0.2) is 39.9 Å². The summed E-state index contributed by atoms with van der Waals surface area (Å²) in [6, 6.07) is 9.75. The fraction of sp³-hybridized carbons (Fsp3) is 0.464. The number of rotatable bonds is 10. The van der Waals surface area contributed by atoms with Crippen molar-refractivity contribution in [3.8, 4) is 5.75 Å². The molecule has 0 spiro atoms. The fourth-order valence-corrected chi connectivity index (χ4v) is 6.07. The minimum Gasteiger partial charge on any atom is -0.493 e. The van der Waals surface area contributed by atoms with Gasteiger partial charge in [-0.15, -0.1) is 0 Å². The van der Waals surface area contributed by atoms with Gasteiger partial charge in [0.25, 0.3) is 5.91 Å². The van der Waals surface area contributed by atoms with Crippen molar-refractivity contribution in [2.24, 2.45) is 5.10 Å². The van der Waals surface area contributed by atoms with Gasteiger partial charge in [0.2, 0.25) is 5.91 Å². The molecule has 0 radical (unpaired) electrons. The summed E-state index contributed by atoms with van der Waals surface area (Å²) in [4.78, 5) is 27.6. The molecule has 3 aliphatic rings. The van der Waals surface area contributed by atoms with Gasteiger partial charge in [0.05, 0.1) is 31.9 Å². The Morgan fingerprint density at radius 1 is 1.24 bits per heavy atom. The molecule has 3 heterocycles. The number of halogens is 1. The largest absolute Gasteiger partial charge is 0.493 e. The number of ether oxygens (including phenoxy) is 1. The van der Waals surface area contributed by atoms with Crippen LogP contribution in [0.1, 0.15) is 52.7 Å². The quantitative estimate of drug-likeness (QED) is 0.252. The van der Waals surface area contributed by atoms with E-state index in [1.807, 2.05) is 24.3 Å². The van der Waals surface area contributed by atoms with Gasteiger partial charge in [-0.1, -0.05) is 28.1 Å². The average molecular weight is 585 g/mol. The monoisotopic (exact) mass is 583 g/mol. The second kappa shape index (κ2) is 12.3. The Morgan fingerprint density at radius 2 is 2.13 bits per heavy atom. The molecule has 2 aromatic carbocycles. The molecule has 9 nitrogen and oxygen atoms in total. The maximum absolute atomic E-state index is 12.8. The number of carbonyl (C=O) groups excluding carboxylic acids is 2. The molecule has 0 aromatic heterocycles. The van der Waals surface area contributed by atoms with Gasteiger partial charge in [-0.25, -0.2) is 5.43 Å². The number of hydrazone groups is 1. The molecule has 0 aliphatic carbocycles. The maximum Gasteiger partial charge on any atom is 0.251 e. The van der Waals surface area contributed by atoms with E-state index in [1.54, 1.807) is 6.07 Å². The Balaban J connectivity index is 1.11. The van der Waals surface area contributed by atoms with Gasteiger partial charge in [0.1, 0.15) is 5.75 Å². The van der Waals surface area contributed by atoms with Gasteiger partial charge in [-0.3, -0.25) is 14.5 Å². The lowest BCUT2D eigenvalue weighted by atomic mass is 10.1. The summed E-state index contributed by atoms with van der Waals surface area (Å²) in [5.41, 5.74) is 7.66. The van der Waals surface area contributed by atoms with Gasteiger partial charge in [0.15, 0.2) is 0 Å². The molecule has 0 bridgehead atoms. The van der Waals surface area contributed by atoms with E-state index >= 15 is 0 Å². The van der Waals surface area contributed by atoms with Crippen molar-refractivity contribution in [3.05, 3.63) is 57.1 Å². The number of anilines is 1. The number of carbonyl (C=O) groups is 2. The summed E-state index contributed by atoms with van der Waals surface area (Å²) >= 11 is 3.59. The summed E-state index contributed by atoms with van der Waals surface area (Å²) < 4.78 is 6.28. The van der Waals surface area contributed by atoms with Gasteiger partial charge < -0.3 is 20.5 Å². The predicted molar refractivity (Wildman–Crippen MR) is 150 cm³/mol. The second-order valence-corrected chi connectivity index (χ2v) is 10.9. The van der Waals surface area contributed by atoms with Crippen LogP contribution in [0.25, 0.3) is 0 Å². The lowest BCUT2D eigenvalue weighted by Gasteiger charge is -2.22.